The minimum atomic E-state index is -0.578. The van der Waals surface area contributed by atoms with Crippen molar-refractivity contribution in [2.45, 2.75) is 25.1 Å². The first-order valence-corrected chi connectivity index (χ1v) is 7.66. The van der Waals surface area contributed by atoms with Crippen LogP contribution in [0.15, 0.2) is 46.1 Å². The Morgan fingerprint density at radius 1 is 1.25 bits per heavy atom. The molecule has 0 saturated carbocycles. The van der Waals surface area contributed by atoms with Gasteiger partial charge in [0.05, 0.1) is 18.7 Å². The number of nitriles is 1. The molecule has 2 atom stereocenters. The first-order chi connectivity index (χ1) is 11.5. The second-order valence-corrected chi connectivity index (χ2v) is 5.89. The smallest absolute Gasteiger partial charge is 0.296 e. The van der Waals surface area contributed by atoms with Crippen molar-refractivity contribution in [3.8, 4) is 6.07 Å². The SMILES string of the molecule is CN1O[C@H](Cn2cc(C#N)c(=O)n(C)c2=O)C[C@H]1c1ccccc1. The average Bonchev–Trinajstić information content (AvgIpc) is 2.96. The van der Waals surface area contributed by atoms with Gasteiger partial charge >= 0.3 is 5.69 Å². The highest BCUT2D eigenvalue weighted by molar-refractivity contribution is 5.22. The summed E-state index contributed by atoms with van der Waals surface area (Å²) in [6.07, 6.45) is 1.82. The van der Waals surface area contributed by atoms with Gasteiger partial charge in [0, 0.05) is 20.3 Å². The number of hydroxylamine groups is 2. The fourth-order valence-electron chi connectivity index (χ4n) is 3.03. The molecule has 124 valence electrons. The minimum Gasteiger partial charge on any atom is -0.296 e. The van der Waals surface area contributed by atoms with Crippen LogP contribution in [0.1, 0.15) is 23.6 Å². The zero-order valence-corrected chi connectivity index (χ0v) is 13.5. The molecule has 0 amide bonds. The topological polar surface area (TPSA) is 80.3 Å². The molecule has 0 unspecified atom stereocenters. The van der Waals surface area contributed by atoms with Crippen LogP contribution < -0.4 is 11.2 Å². The summed E-state index contributed by atoms with van der Waals surface area (Å²) in [6, 6.07) is 11.9. The van der Waals surface area contributed by atoms with E-state index in [1.165, 1.54) is 17.8 Å². The van der Waals surface area contributed by atoms with Crippen molar-refractivity contribution in [1.82, 2.24) is 14.2 Å². The Hall–Kier alpha value is -2.69. The molecule has 1 aromatic heterocycles. The monoisotopic (exact) mass is 326 g/mol. The lowest BCUT2D eigenvalue weighted by Gasteiger charge is -2.17. The Labute approximate surface area is 138 Å². The molecule has 1 fully saturated rings. The van der Waals surface area contributed by atoms with Crippen LogP contribution in [0.5, 0.6) is 0 Å². The number of rotatable bonds is 3. The lowest BCUT2D eigenvalue weighted by molar-refractivity contribution is -0.147. The molecule has 3 rings (SSSR count). The van der Waals surface area contributed by atoms with Gasteiger partial charge in [0.15, 0.2) is 0 Å². The number of benzene rings is 1. The summed E-state index contributed by atoms with van der Waals surface area (Å²) in [4.78, 5) is 29.8. The van der Waals surface area contributed by atoms with Gasteiger partial charge in [-0.05, 0) is 12.0 Å². The van der Waals surface area contributed by atoms with E-state index in [9.17, 15) is 9.59 Å². The van der Waals surface area contributed by atoms with Crippen molar-refractivity contribution in [3.63, 3.8) is 0 Å². The fraction of sp³-hybridized carbons (Fsp3) is 0.353. The summed E-state index contributed by atoms with van der Waals surface area (Å²) < 4.78 is 2.32. The van der Waals surface area contributed by atoms with Crippen LogP contribution in [0, 0.1) is 11.3 Å². The first-order valence-electron chi connectivity index (χ1n) is 7.66. The van der Waals surface area contributed by atoms with Gasteiger partial charge in [-0.15, -0.1) is 0 Å². The molecular formula is C17H18N4O3. The van der Waals surface area contributed by atoms with Gasteiger partial charge in [0.25, 0.3) is 5.56 Å². The van der Waals surface area contributed by atoms with Crippen LogP contribution in [-0.2, 0) is 18.4 Å². The second kappa shape index (κ2) is 6.43. The first kappa shape index (κ1) is 16.2. The zero-order valence-electron chi connectivity index (χ0n) is 13.5. The number of aromatic nitrogens is 2. The van der Waals surface area contributed by atoms with E-state index < -0.39 is 11.2 Å². The summed E-state index contributed by atoms with van der Waals surface area (Å²) >= 11 is 0. The van der Waals surface area contributed by atoms with Crippen LogP contribution >= 0.6 is 0 Å². The van der Waals surface area contributed by atoms with E-state index >= 15 is 0 Å². The number of hydrogen-bond donors (Lipinski definition) is 0. The van der Waals surface area contributed by atoms with Gasteiger partial charge in [-0.3, -0.25) is 18.8 Å². The molecule has 1 aliphatic heterocycles. The highest BCUT2D eigenvalue weighted by atomic mass is 16.7. The van der Waals surface area contributed by atoms with Crippen molar-refractivity contribution >= 4 is 0 Å². The summed E-state index contributed by atoms with van der Waals surface area (Å²) in [5, 5.41) is 10.8. The Balaban J connectivity index is 1.84. The lowest BCUT2D eigenvalue weighted by Crippen LogP contribution is -2.40. The predicted octanol–water partition coefficient (Wildman–Crippen LogP) is 0.796. The van der Waals surface area contributed by atoms with Gasteiger partial charge in [0.1, 0.15) is 11.6 Å². The van der Waals surface area contributed by atoms with Gasteiger partial charge < -0.3 is 0 Å². The number of nitrogens with zero attached hydrogens (tertiary/aromatic N) is 4. The maximum absolute atomic E-state index is 12.2. The maximum Gasteiger partial charge on any atom is 0.330 e. The van der Waals surface area contributed by atoms with E-state index in [0.717, 1.165) is 16.6 Å². The molecule has 2 aromatic rings. The number of hydrogen-bond acceptors (Lipinski definition) is 5. The van der Waals surface area contributed by atoms with Crippen LogP contribution in [0.25, 0.3) is 0 Å². The summed E-state index contributed by atoms with van der Waals surface area (Å²) in [5.74, 6) is 0. The quantitative estimate of drug-likeness (QED) is 0.833. The van der Waals surface area contributed by atoms with E-state index in [1.807, 2.05) is 43.4 Å². The molecule has 24 heavy (non-hydrogen) atoms. The van der Waals surface area contributed by atoms with Crippen molar-refractivity contribution in [2.75, 3.05) is 7.05 Å². The Morgan fingerprint density at radius 2 is 1.96 bits per heavy atom. The standard InChI is InChI=1S/C17H18N4O3/c1-19-16(22)13(9-18)10-21(17(19)23)11-14-8-15(20(2)24-14)12-6-4-3-5-7-12/h3-7,10,14-15H,8,11H2,1-2H3/t14-,15-/m0/s1. The largest absolute Gasteiger partial charge is 0.330 e. The average molecular weight is 326 g/mol. The molecule has 1 saturated heterocycles. The molecule has 1 aliphatic rings. The van der Waals surface area contributed by atoms with Crippen LogP contribution in [0.2, 0.25) is 0 Å². The van der Waals surface area contributed by atoms with Crippen molar-refractivity contribution in [2.24, 2.45) is 7.05 Å². The third-order valence-electron chi connectivity index (χ3n) is 4.30. The predicted molar refractivity (Wildman–Crippen MR) is 87.1 cm³/mol. The molecule has 7 heteroatoms. The van der Waals surface area contributed by atoms with Crippen molar-refractivity contribution < 1.29 is 4.84 Å². The molecular weight excluding hydrogens is 308 g/mol. The summed E-state index contributed by atoms with van der Waals surface area (Å²) in [5.41, 5.74) is 0.0647. The van der Waals surface area contributed by atoms with Crippen LogP contribution in [-0.4, -0.2) is 27.3 Å². The highest BCUT2D eigenvalue weighted by Crippen LogP contribution is 2.32. The van der Waals surface area contributed by atoms with Crippen molar-refractivity contribution in [1.29, 1.82) is 5.26 Å². The van der Waals surface area contributed by atoms with Gasteiger partial charge in [-0.25, -0.2) is 4.79 Å². The third-order valence-corrected chi connectivity index (χ3v) is 4.30. The Morgan fingerprint density at radius 3 is 2.62 bits per heavy atom. The molecule has 0 N–H and O–H groups in total. The molecule has 0 spiro atoms. The van der Waals surface area contributed by atoms with Gasteiger partial charge in [-0.1, -0.05) is 30.3 Å². The molecule has 0 radical (unpaired) electrons. The van der Waals surface area contributed by atoms with Crippen molar-refractivity contribution in [3.05, 3.63) is 68.5 Å². The van der Waals surface area contributed by atoms with E-state index in [4.69, 9.17) is 10.1 Å². The molecule has 0 bridgehead atoms. The second-order valence-electron chi connectivity index (χ2n) is 5.89. The maximum atomic E-state index is 12.2. The van der Waals surface area contributed by atoms with Gasteiger partial charge in [0.2, 0.25) is 0 Å². The normalized spacial score (nSPS) is 20.9. The van der Waals surface area contributed by atoms with E-state index in [0.29, 0.717) is 0 Å². The van der Waals surface area contributed by atoms with Gasteiger partial charge in [-0.2, -0.15) is 10.3 Å². The molecule has 0 aliphatic carbocycles. The Bertz CT molecular complexity index is 895. The summed E-state index contributed by atoms with van der Waals surface area (Å²) in [7, 11) is 3.23. The molecule has 1 aromatic carbocycles. The van der Waals surface area contributed by atoms with Crippen LogP contribution in [0.4, 0.5) is 0 Å². The summed E-state index contributed by atoms with van der Waals surface area (Å²) in [6.45, 7) is 0.287. The zero-order chi connectivity index (χ0) is 17.3. The lowest BCUT2D eigenvalue weighted by atomic mass is 10.0. The van der Waals surface area contributed by atoms with E-state index in [1.54, 1.807) is 5.06 Å². The van der Waals surface area contributed by atoms with E-state index in [2.05, 4.69) is 0 Å². The molecule has 7 nitrogen and oxygen atoms in total. The molecule has 2 heterocycles. The third kappa shape index (κ3) is 2.89. The fourth-order valence-corrected chi connectivity index (χ4v) is 3.03. The minimum absolute atomic E-state index is 0.0527. The van der Waals surface area contributed by atoms with Crippen LogP contribution in [0.3, 0.4) is 0 Å². The highest BCUT2D eigenvalue weighted by Gasteiger charge is 2.32. The Kier molecular flexibility index (Phi) is 4.34. The van der Waals surface area contributed by atoms with E-state index in [-0.39, 0.29) is 24.3 Å².